The first-order valence-electron chi connectivity index (χ1n) is 9.66. The molecule has 178 valence electrons. The molecule has 32 heavy (non-hydrogen) atoms. The van der Waals surface area contributed by atoms with Crippen molar-refractivity contribution in [3.05, 3.63) is 47.5 Å². The number of methoxy groups -OCH3 is 3. The summed E-state index contributed by atoms with van der Waals surface area (Å²) in [7, 11) is 8.25. The summed E-state index contributed by atoms with van der Waals surface area (Å²) < 4.78 is 45.5. The van der Waals surface area contributed by atoms with Crippen molar-refractivity contribution in [2.24, 2.45) is 4.99 Å². The summed E-state index contributed by atoms with van der Waals surface area (Å²) in [5.74, 6) is 2.42. The normalized spacial score (nSPS) is 10.9. The number of aliphatic imine (C=N–C) groups is 1. The maximum Gasteiger partial charge on any atom is 0.387 e. The number of nitrogens with one attached hydrogen (secondary N) is 1. The van der Waals surface area contributed by atoms with Crippen LogP contribution in [0.2, 0.25) is 0 Å². The average molecular weight is 565 g/mol. The number of nitrogens with zero attached hydrogens (tertiary/aromatic N) is 2. The minimum Gasteiger partial charge on any atom is -0.497 e. The van der Waals surface area contributed by atoms with Gasteiger partial charge < -0.3 is 29.2 Å². The molecule has 0 radical (unpaired) electrons. The number of benzene rings is 2. The molecule has 0 unspecified atom stereocenters. The number of alkyl halides is 2. The van der Waals surface area contributed by atoms with Gasteiger partial charge in [-0.15, -0.1) is 24.0 Å². The second-order valence-electron chi connectivity index (χ2n) is 6.62. The van der Waals surface area contributed by atoms with Crippen LogP contribution in [0.15, 0.2) is 41.4 Å². The Balaban J connectivity index is 0.00000512. The lowest BCUT2D eigenvalue weighted by atomic mass is 10.1. The number of hydrogen-bond donors (Lipinski definition) is 1. The van der Waals surface area contributed by atoms with E-state index in [-0.39, 0.29) is 35.5 Å². The number of hydrogen-bond acceptors (Lipinski definition) is 5. The highest BCUT2D eigenvalue weighted by atomic mass is 127. The average Bonchev–Trinajstić information content (AvgIpc) is 2.76. The minimum absolute atomic E-state index is 0. The molecule has 0 fully saturated rings. The summed E-state index contributed by atoms with van der Waals surface area (Å²) in [6.45, 7) is -1.79. The van der Waals surface area contributed by atoms with Crippen LogP contribution in [0.3, 0.4) is 0 Å². The van der Waals surface area contributed by atoms with Crippen molar-refractivity contribution >= 4 is 29.9 Å². The van der Waals surface area contributed by atoms with E-state index in [1.54, 1.807) is 33.4 Å². The van der Waals surface area contributed by atoms with Crippen LogP contribution in [-0.4, -0.2) is 59.4 Å². The summed E-state index contributed by atoms with van der Waals surface area (Å²) in [6.07, 6.45) is 0.586. The summed E-state index contributed by atoms with van der Waals surface area (Å²) >= 11 is 0. The predicted molar refractivity (Wildman–Crippen MR) is 131 cm³/mol. The molecule has 2 aromatic carbocycles. The van der Waals surface area contributed by atoms with Gasteiger partial charge in [-0.3, -0.25) is 4.99 Å². The molecule has 7 nitrogen and oxygen atoms in total. The topological polar surface area (TPSA) is 64.6 Å². The molecule has 0 amide bonds. The molecule has 2 aromatic rings. The SMILES string of the molecule is CN=C(NCCc1ccc(OC)c(OC(F)F)c1)N(C)Cc1ccc(OC)cc1OC.I. The van der Waals surface area contributed by atoms with E-state index in [2.05, 4.69) is 15.0 Å². The van der Waals surface area contributed by atoms with Crippen molar-refractivity contribution in [3.8, 4) is 23.0 Å². The molecule has 0 spiro atoms. The molecule has 1 N–H and O–H groups in total. The zero-order valence-electron chi connectivity index (χ0n) is 18.9. The predicted octanol–water partition coefficient (Wildman–Crippen LogP) is 4.18. The number of halogens is 3. The Kier molecular flexibility index (Phi) is 11.9. The van der Waals surface area contributed by atoms with Gasteiger partial charge in [-0.25, -0.2) is 0 Å². The highest BCUT2D eigenvalue weighted by Crippen LogP contribution is 2.29. The number of guanidine groups is 1. The van der Waals surface area contributed by atoms with Gasteiger partial charge in [-0.2, -0.15) is 8.78 Å². The van der Waals surface area contributed by atoms with Crippen LogP contribution in [0.1, 0.15) is 11.1 Å². The molecule has 10 heteroatoms. The van der Waals surface area contributed by atoms with Crippen molar-refractivity contribution in [2.75, 3.05) is 42.0 Å². The fourth-order valence-electron chi connectivity index (χ4n) is 3.08. The molecule has 0 aliphatic heterocycles. The van der Waals surface area contributed by atoms with E-state index >= 15 is 0 Å². The quantitative estimate of drug-likeness (QED) is 0.265. The molecule has 0 saturated heterocycles. The van der Waals surface area contributed by atoms with Crippen molar-refractivity contribution in [2.45, 2.75) is 19.6 Å². The van der Waals surface area contributed by atoms with E-state index in [0.717, 1.165) is 22.6 Å². The van der Waals surface area contributed by atoms with Crippen LogP contribution in [0.5, 0.6) is 23.0 Å². The van der Waals surface area contributed by atoms with Crippen LogP contribution < -0.4 is 24.3 Å². The molecule has 0 atom stereocenters. The summed E-state index contributed by atoms with van der Waals surface area (Å²) in [4.78, 5) is 6.27. The van der Waals surface area contributed by atoms with E-state index in [0.29, 0.717) is 25.5 Å². The Hall–Kier alpha value is -2.50. The molecule has 0 heterocycles. The highest BCUT2D eigenvalue weighted by molar-refractivity contribution is 14.0. The minimum atomic E-state index is -2.91. The van der Waals surface area contributed by atoms with Crippen LogP contribution in [-0.2, 0) is 13.0 Å². The van der Waals surface area contributed by atoms with E-state index in [1.807, 2.05) is 36.2 Å². The van der Waals surface area contributed by atoms with Crippen LogP contribution in [0.4, 0.5) is 8.78 Å². The first-order chi connectivity index (χ1) is 14.9. The number of ether oxygens (including phenoxy) is 4. The zero-order valence-corrected chi connectivity index (χ0v) is 21.2. The molecular formula is C22H30F2IN3O4. The maximum atomic E-state index is 12.6. The molecule has 0 saturated carbocycles. The molecule has 0 bridgehead atoms. The van der Waals surface area contributed by atoms with Crippen molar-refractivity contribution < 1.29 is 27.7 Å². The first kappa shape index (κ1) is 27.5. The highest BCUT2D eigenvalue weighted by Gasteiger charge is 2.13. The Morgan fingerprint density at radius 1 is 1.00 bits per heavy atom. The lowest BCUT2D eigenvalue weighted by molar-refractivity contribution is -0.0512. The lowest BCUT2D eigenvalue weighted by Gasteiger charge is -2.23. The van der Waals surface area contributed by atoms with Gasteiger partial charge in [0.2, 0.25) is 0 Å². The van der Waals surface area contributed by atoms with Gasteiger partial charge in [-0.1, -0.05) is 6.07 Å². The second kappa shape index (κ2) is 13.8. The number of rotatable bonds is 10. The van der Waals surface area contributed by atoms with Gasteiger partial charge >= 0.3 is 6.61 Å². The van der Waals surface area contributed by atoms with Crippen molar-refractivity contribution in [3.63, 3.8) is 0 Å². The largest absolute Gasteiger partial charge is 0.497 e. The third-order valence-electron chi connectivity index (χ3n) is 4.62. The fourth-order valence-corrected chi connectivity index (χ4v) is 3.08. The van der Waals surface area contributed by atoms with E-state index in [1.165, 1.54) is 7.11 Å². The zero-order chi connectivity index (χ0) is 22.8. The Bertz CT molecular complexity index is 884. The van der Waals surface area contributed by atoms with E-state index in [9.17, 15) is 8.78 Å². The van der Waals surface area contributed by atoms with Gasteiger partial charge in [0.25, 0.3) is 0 Å². The van der Waals surface area contributed by atoms with Crippen molar-refractivity contribution in [1.82, 2.24) is 10.2 Å². The Morgan fingerprint density at radius 3 is 2.31 bits per heavy atom. The molecule has 0 aliphatic rings. The fraction of sp³-hybridized carbons (Fsp3) is 0.409. The van der Waals surface area contributed by atoms with E-state index < -0.39 is 6.61 Å². The second-order valence-corrected chi connectivity index (χ2v) is 6.62. The molecule has 0 aliphatic carbocycles. The molecular weight excluding hydrogens is 535 g/mol. The summed E-state index contributed by atoms with van der Waals surface area (Å²) in [5.41, 5.74) is 1.82. The maximum absolute atomic E-state index is 12.6. The lowest BCUT2D eigenvalue weighted by Crippen LogP contribution is -2.39. The Labute approximate surface area is 204 Å². The van der Waals surface area contributed by atoms with Crippen LogP contribution >= 0.6 is 24.0 Å². The standard InChI is InChI=1S/C22H29F2N3O4.HI/c1-25-22(27(2)14-16-7-8-17(28-3)13-19(16)30-5)26-11-10-15-6-9-18(29-4)20(12-15)31-21(23)24;/h6-9,12-13,21H,10-11,14H2,1-5H3,(H,25,26);1H. The van der Waals surface area contributed by atoms with Crippen molar-refractivity contribution in [1.29, 1.82) is 0 Å². The van der Waals surface area contributed by atoms with Gasteiger partial charge in [-0.05, 0) is 36.2 Å². The van der Waals surface area contributed by atoms with Gasteiger partial charge in [0.05, 0.1) is 21.3 Å². The monoisotopic (exact) mass is 565 g/mol. The van der Waals surface area contributed by atoms with Gasteiger partial charge in [0.1, 0.15) is 11.5 Å². The van der Waals surface area contributed by atoms with Gasteiger partial charge in [0.15, 0.2) is 17.5 Å². The van der Waals surface area contributed by atoms with Crippen LogP contribution in [0, 0.1) is 0 Å². The smallest absolute Gasteiger partial charge is 0.387 e. The molecule has 0 aromatic heterocycles. The first-order valence-corrected chi connectivity index (χ1v) is 9.66. The molecule has 2 rings (SSSR count). The van der Waals surface area contributed by atoms with E-state index in [4.69, 9.17) is 14.2 Å². The van der Waals surface area contributed by atoms with Gasteiger partial charge in [0, 0.05) is 38.8 Å². The Morgan fingerprint density at radius 2 is 1.72 bits per heavy atom. The third-order valence-corrected chi connectivity index (χ3v) is 4.62. The summed E-state index contributed by atoms with van der Waals surface area (Å²) in [6, 6.07) is 10.6. The third kappa shape index (κ3) is 7.88. The summed E-state index contributed by atoms with van der Waals surface area (Å²) in [5, 5.41) is 3.28. The van der Waals surface area contributed by atoms with Crippen LogP contribution in [0.25, 0.3) is 0 Å².